The minimum atomic E-state index is -1.10. The van der Waals surface area contributed by atoms with E-state index >= 15 is 0 Å². The zero-order valence-electron chi connectivity index (χ0n) is 29.0. The molecule has 0 radical (unpaired) electrons. The first-order valence-electron chi connectivity index (χ1n) is 16.1. The highest BCUT2D eigenvalue weighted by atomic mass is 16.5. The van der Waals surface area contributed by atoms with Gasteiger partial charge < -0.3 is 31.3 Å². The van der Waals surface area contributed by atoms with E-state index in [1.807, 2.05) is 55.4 Å². The molecular weight excluding hydrogens is 578 g/mol. The minimum Gasteiger partial charge on any atom is -0.463 e. The maximum absolute atomic E-state index is 14.2. The summed E-state index contributed by atoms with van der Waals surface area (Å²) in [4.78, 5) is 79.7. The highest BCUT2D eigenvalue weighted by molar-refractivity contribution is 6.37. The molecule has 1 aliphatic heterocycles. The molecule has 254 valence electrons. The number of carbonyl (C=O) groups excluding carboxylic acids is 6. The molecule has 5 amide bonds. The molecule has 3 aliphatic rings. The lowest BCUT2D eigenvalue weighted by Crippen LogP contribution is -2.62. The number of ketones is 1. The van der Waals surface area contributed by atoms with Crippen molar-refractivity contribution in [1.29, 1.82) is 0 Å². The predicted molar refractivity (Wildman–Crippen MR) is 168 cm³/mol. The highest BCUT2D eigenvalue weighted by Crippen LogP contribution is 2.65. The zero-order chi connectivity index (χ0) is 34.4. The molecule has 1 heterocycles. The number of carbonyl (C=O) groups is 6. The third kappa shape index (κ3) is 8.55. The van der Waals surface area contributed by atoms with E-state index in [9.17, 15) is 28.8 Å². The first kappa shape index (κ1) is 36.3. The van der Waals surface area contributed by atoms with Crippen LogP contribution in [0.15, 0.2) is 0 Å². The number of amides is 5. The summed E-state index contributed by atoms with van der Waals surface area (Å²) in [6, 6.07) is -4.06. The number of primary amides is 1. The summed E-state index contributed by atoms with van der Waals surface area (Å²) < 4.78 is 5.51. The summed E-state index contributed by atoms with van der Waals surface area (Å²) in [6.45, 7) is 20.9. The van der Waals surface area contributed by atoms with Crippen LogP contribution in [0.25, 0.3) is 0 Å². The molecule has 12 heteroatoms. The number of esters is 1. The normalized spacial score (nSPS) is 24.4. The molecule has 2 saturated carbocycles. The quantitative estimate of drug-likeness (QED) is 0.200. The molecule has 6 atom stereocenters. The van der Waals surface area contributed by atoms with Crippen LogP contribution < -0.4 is 21.7 Å². The van der Waals surface area contributed by atoms with Crippen LogP contribution in [0.5, 0.6) is 0 Å². The Labute approximate surface area is 267 Å². The second-order valence-electron chi connectivity index (χ2n) is 17.0. The Bertz CT molecular complexity index is 1210. The molecule has 0 bridgehead atoms. The molecule has 45 heavy (non-hydrogen) atoms. The third-order valence-corrected chi connectivity index (χ3v) is 9.63. The lowest BCUT2D eigenvalue weighted by Gasteiger charge is -2.38. The van der Waals surface area contributed by atoms with Crippen molar-refractivity contribution in [3.63, 3.8) is 0 Å². The average Bonchev–Trinajstić information content (AvgIpc) is 3.73. The number of rotatable bonds is 11. The van der Waals surface area contributed by atoms with Crippen LogP contribution in [0.2, 0.25) is 0 Å². The molecule has 0 aromatic rings. The molecule has 12 nitrogen and oxygen atoms in total. The smallest absolute Gasteiger partial charge is 0.315 e. The maximum Gasteiger partial charge on any atom is 0.315 e. The summed E-state index contributed by atoms with van der Waals surface area (Å²) in [7, 11) is 0. The number of nitrogens with one attached hydrogen (secondary N) is 3. The standard InChI is InChI=1S/C33H55N5O7/c1-30(2,3)20(16-45-28(43)32(7,8)9)36-29(44)37-24(31(4,5)6)27(42)38-15-18-21(33(18,10)11)22(38)26(41)35-19(14-17-12-13-17)23(39)25(34)40/h17-22,24H,12-16H2,1-11H3,(H2,34,40)(H,35,41)(H2,36,37,44)/t18-,19?,20+,21-,22-,24?/m0/s1. The summed E-state index contributed by atoms with van der Waals surface area (Å²) in [5.74, 6) is -3.06. The van der Waals surface area contributed by atoms with Crippen LogP contribution >= 0.6 is 0 Å². The van der Waals surface area contributed by atoms with Crippen molar-refractivity contribution >= 4 is 35.5 Å². The van der Waals surface area contributed by atoms with E-state index in [1.54, 1.807) is 20.8 Å². The van der Waals surface area contributed by atoms with Crippen molar-refractivity contribution in [1.82, 2.24) is 20.9 Å². The molecule has 0 spiro atoms. The number of Topliss-reactive ketones (excluding diaryl/α,β-unsaturated/α-hetero) is 1. The van der Waals surface area contributed by atoms with E-state index in [0.29, 0.717) is 13.0 Å². The van der Waals surface area contributed by atoms with Crippen molar-refractivity contribution in [3.05, 3.63) is 0 Å². The Morgan fingerprint density at radius 1 is 0.889 bits per heavy atom. The van der Waals surface area contributed by atoms with Crippen molar-refractivity contribution < 1.29 is 33.5 Å². The fourth-order valence-electron chi connectivity index (χ4n) is 6.19. The number of urea groups is 1. The Balaban J connectivity index is 1.80. The van der Waals surface area contributed by atoms with Crippen LogP contribution in [0.4, 0.5) is 4.79 Å². The molecule has 3 fully saturated rings. The molecule has 0 aromatic carbocycles. The summed E-state index contributed by atoms with van der Waals surface area (Å²) >= 11 is 0. The second kappa shape index (κ2) is 12.5. The van der Waals surface area contributed by atoms with Gasteiger partial charge in [0, 0.05) is 6.54 Å². The fourth-order valence-corrected chi connectivity index (χ4v) is 6.19. The lowest BCUT2D eigenvalue weighted by molar-refractivity contribution is -0.154. The number of nitrogens with zero attached hydrogens (tertiary/aromatic N) is 1. The van der Waals surface area contributed by atoms with Crippen LogP contribution in [0.1, 0.15) is 95.4 Å². The maximum atomic E-state index is 14.2. The average molecular weight is 634 g/mol. The Kier molecular flexibility index (Phi) is 10.1. The Hall–Kier alpha value is -3.18. The monoisotopic (exact) mass is 633 g/mol. The minimum absolute atomic E-state index is 0.0417. The van der Waals surface area contributed by atoms with Crippen LogP contribution in [0.3, 0.4) is 0 Å². The van der Waals surface area contributed by atoms with Gasteiger partial charge in [0.2, 0.25) is 17.6 Å². The number of likely N-dealkylation sites (tertiary alicyclic amines) is 1. The van der Waals surface area contributed by atoms with Gasteiger partial charge in [0.05, 0.1) is 17.5 Å². The molecule has 1 saturated heterocycles. The van der Waals surface area contributed by atoms with E-state index < -0.39 is 75.9 Å². The molecule has 2 unspecified atom stereocenters. The van der Waals surface area contributed by atoms with Crippen molar-refractivity contribution in [3.8, 4) is 0 Å². The van der Waals surface area contributed by atoms with Gasteiger partial charge in [-0.05, 0) is 61.2 Å². The summed E-state index contributed by atoms with van der Waals surface area (Å²) in [6.07, 6.45) is 2.17. The number of hydrogen-bond donors (Lipinski definition) is 4. The van der Waals surface area contributed by atoms with E-state index in [0.717, 1.165) is 12.8 Å². The first-order chi connectivity index (χ1) is 20.4. The summed E-state index contributed by atoms with van der Waals surface area (Å²) in [5.41, 5.74) is 3.20. The Morgan fingerprint density at radius 2 is 1.47 bits per heavy atom. The molecule has 0 aromatic heterocycles. The molecule has 5 N–H and O–H groups in total. The molecular formula is C33H55N5O7. The SMILES string of the molecule is CC(C)(C)C(=O)OC[C@@H](NC(=O)NC(C(=O)N1C[C@H]2[C@@H]([C@H]1C(=O)NC(CC1CC1)C(=O)C(N)=O)C2(C)C)C(C)(C)C)C(C)(C)C. The van der Waals surface area contributed by atoms with Gasteiger partial charge >= 0.3 is 12.0 Å². The van der Waals surface area contributed by atoms with E-state index in [4.69, 9.17) is 10.5 Å². The van der Waals surface area contributed by atoms with E-state index in [1.165, 1.54) is 4.90 Å². The number of piperidine rings is 1. The van der Waals surface area contributed by atoms with Gasteiger partial charge in [0.25, 0.3) is 5.91 Å². The molecule has 3 rings (SSSR count). The number of nitrogens with two attached hydrogens (primary N) is 1. The predicted octanol–water partition coefficient (Wildman–Crippen LogP) is 2.53. The van der Waals surface area contributed by atoms with Crippen molar-refractivity contribution in [2.24, 2.45) is 45.1 Å². The number of fused-ring (bicyclic) bond motifs is 1. The third-order valence-electron chi connectivity index (χ3n) is 9.63. The first-order valence-corrected chi connectivity index (χ1v) is 16.1. The van der Waals surface area contributed by atoms with Crippen LogP contribution in [-0.4, -0.2) is 77.7 Å². The number of hydrogen-bond acceptors (Lipinski definition) is 7. The van der Waals surface area contributed by atoms with Crippen LogP contribution in [-0.2, 0) is 28.7 Å². The van der Waals surface area contributed by atoms with Gasteiger partial charge in [-0.1, -0.05) is 68.2 Å². The van der Waals surface area contributed by atoms with Gasteiger partial charge in [0.15, 0.2) is 0 Å². The van der Waals surface area contributed by atoms with E-state index in [2.05, 4.69) is 16.0 Å². The van der Waals surface area contributed by atoms with Gasteiger partial charge in [-0.15, -0.1) is 0 Å². The van der Waals surface area contributed by atoms with Gasteiger partial charge in [-0.3, -0.25) is 24.0 Å². The topological polar surface area (TPSA) is 177 Å². The van der Waals surface area contributed by atoms with Crippen LogP contribution in [0, 0.1) is 39.4 Å². The summed E-state index contributed by atoms with van der Waals surface area (Å²) in [5, 5.41) is 8.50. The second-order valence-corrected chi connectivity index (χ2v) is 17.0. The zero-order valence-corrected chi connectivity index (χ0v) is 29.0. The Morgan fingerprint density at radius 3 is 1.93 bits per heavy atom. The highest BCUT2D eigenvalue weighted by Gasteiger charge is 2.70. The lowest BCUT2D eigenvalue weighted by atomic mass is 9.85. The largest absolute Gasteiger partial charge is 0.463 e. The fraction of sp³-hybridized carbons (Fsp3) is 0.818. The van der Waals surface area contributed by atoms with Gasteiger partial charge in [-0.2, -0.15) is 0 Å². The number of ether oxygens (including phenoxy) is 1. The molecule has 2 aliphatic carbocycles. The van der Waals surface area contributed by atoms with Crippen molar-refractivity contribution in [2.75, 3.05) is 13.2 Å². The van der Waals surface area contributed by atoms with Gasteiger partial charge in [-0.25, -0.2) is 4.79 Å². The van der Waals surface area contributed by atoms with E-state index in [-0.39, 0.29) is 29.8 Å². The van der Waals surface area contributed by atoms with Crippen molar-refractivity contribution in [2.45, 2.75) is 120 Å². The van der Waals surface area contributed by atoms with Gasteiger partial charge in [0.1, 0.15) is 18.7 Å².